The fourth-order valence-corrected chi connectivity index (χ4v) is 7.74. The molecule has 0 saturated carbocycles. The molecule has 0 amide bonds. The van der Waals surface area contributed by atoms with Gasteiger partial charge in [0.2, 0.25) is 0 Å². The van der Waals surface area contributed by atoms with Gasteiger partial charge in [0.25, 0.3) is 0 Å². The molecule has 0 radical (unpaired) electrons. The molecule has 3 aromatic rings. The minimum atomic E-state index is -4.70. The second-order valence-electron chi connectivity index (χ2n) is 14.7. The molecule has 2 aromatic heterocycles. The number of aliphatic hydroxyl groups excluding tert-OH is 2. The number of hydrogen-bond donors (Lipinski definition) is 4. The van der Waals surface area contributed by atoms with Gasteiger partial charge in [-0.05, 0) is 49.2 Å². The summed E-state index contributed by atoms with van der Waals surface area (Å²) in [7, 11) is -4.70. The molecule has 5 N–H and O–H groups in total. The Balaban J connectivity index is 1.23. The summed E-state index contributed by atoms with van der Waals surface area (Å²) in [6.07, 6.45) is 15.5. The van der Waals surface area contributed by atoms with Gasteiger partial charge in [0.15, 0.2) is 5.82 Å². The number of aliphatic hydroxyl groups is 2. The number of anilines is 1. The van der Waals surface area contributed by atoms with E-state index in [0.717, 1.165) is 31.7 Å². The van der Waals surface area contributed by atoms with E-state index in [2.05, 4.69) is 17.0 Å². The monoisotopic (exact) mass is 775 g/mol. The average molecular weight is 776 g/mol. The maximum absolute atomic E-state index is 14.1. The van der Waals surface area contributed by atoms with Crippen LogP contribution in [0, 0.1) is 17.1 Å². The normalized spacial score (nSPS) is 21.7. The second kappa shape index (κ2) is 21.9. The van der Waals surface area contributed by atoms with Crippen LogP contribution in [0.4, 0.5) is 10.2 Å². The predicted octanol–water partition coefficient (Wildman–Crippen LogP) is 7.85. The van der Waals surface area contributed by atoms with E-state index in [4.69, 9.17) is 24.3 Å². The molecule has 54 heavy (non-hydrogen) atoms. The average Bonchev–Trinajstić information content (AvgIpc) is 3.68. The number of halogens is 1. The Kier molecular flexibility index (Phi) is 17.8. The van der Waals surface area contributed by atoms with Gasteiger partial charge in [0.05, 0.1) is 43.3 Å². The van der Waals surface area contributed by atoms with Crippen molar-refractivity contribution in [1.29, 1.82) is 5.26 Å². The van der Waals surface area contributed by atoms with Crippen LogP contribution >= 0.6 is 7.82 Å². The van der Waals surface area contributed by atoms with Crippen molar-refractivity contribution in [3.05, 3.63) is 59.3 Å². The van der Waals surface area contributed by atoms with Crippen LogP contribution in [-0.4, -0.2) is 66.8 Å². The number of phosphoric acid groups is 1. The lowest BCUT2D eigenvalue weighted by molar-refractivity contribution is -0.101. The van der Waals surface area contributed by atoms with E-state index in [0.29, 0.717) is 23.2 Å². The van der Waals surface area contributed by atoms with Gasteiger partial charge in [-0.2, -0.15) is 10.4 Å². The zero-order valence-electron chi connectivity index (χ0n) is 31.8. The number of nitrogens with two attached hydrogens (primary N) is 1. The van der Waals surface area contributed by atoms with Crippen LogP contribution in [0.3, 0.4) is 0 Å². The third-order valence-electron chi connectivity index (χ3n) is 10.1. The highest BCUT2D eigenvalue weighted by molar-refractivity contribution is 7.47. The number of nitrogen functional groups attached to an aromatic ring is 1. The Morgan fingerprint density at radius 3 is 2.26 bits per heavy atom. The summed E-state index contributed by atoms with van der Waals surface area (Å²) < 4.78 is 51.3. The Bertz CT molecular complexity index is 1670. The SMILES string of the molecule is CCCCCCCCCCCCCCCCC[C@H](COP(=O)(O)OC[C@@]1(C)O[C@@H](c2ccc3c(N)ncnn23)[C@H](O)[C@@H]1O)OCc1cc(F)cc(C#N)c1. The largest absolute Gasteiger partial charge is 0.472 e. The lowest BCUT2D eigenvalue weighted by atomic mass is 9.97. The quantitative estimate of drug-likeness (QED) is 0.0456. The first-order chi connectivity index (χ1) is 26.0. The van der Waals surface area contributed by atoms with Gasteiger partial charge >= 0.3 is 7.82 Å². The van der Waals surface area contributed by atoms with E-state index in [-0.39, 0.29) is 24.6 Å². The number of rotatable bonds is 26. The molecule has 1 unspecified atom stereocenters. The molecule has 0 aliphatic carbocycles. The summed E-state index contributed by atoms with van der Waals surface area (Å²) in [5.41, 5.74) is 5.84. The van der Waals surface area contributed by atoms with E-state index in [9.17, 15) is 29.3 Å². The van der Waals surface area contributed by atoms with Crippen molar-refractivity contribution in [1.82, 2.24) is 14.6 Å². The number of nitriles is 1. The number of unbranched alkanes of at least 4 members (excludes halogenated alkanes) is 14. The highest BCUT2D eigenvalue weighted by Crippen LogP contribution is 2.48. The van der Waals surface area contributed by atoms with Gasteiger partial charge in [0, 0.05) is 0 Å². The number of benzene rings is 1. The summed E-state index contributed by atoms with van der Waals surface area (Å²) in [5.74, 6) is -0.339. The van der Waals surface area contributed by atoms with Crippen LogP contribution in [-0.2, 0) is 29.7 Å². The molecule has 0 spiro atoms. The number of phosphoric ester groups is 1. The van der Waals surface area contributed by atoms with Gasteiger partial charge < -0.3 is 30.3 Å². The summed E-state index contributed by atoms with van der Waals surface area (Å²) in [6.45, 7) is 2.79. The third kappa shape index (κ3) is 13.3. The van der Waals surface area contributed by atoms with Crippen molar-refractivity contribution < 1.29 is 42.6 Å². The predicted molar refractivity (Wildman–Crippen MR) is 203 cm³/mol. The van der Waals surface area contributed by atoms with E-state index in [1.54, 1.807) is 12.1 Å². The molecule has 4 rings (SSSR count). The zero-order chi connectivity index (χ0) is 39.0. The number of ether oxygens (including phenoxy) is 2. The summed E-state index contributed by atoms with van der Waals surface area (Å²) >= 11 is 0. The lowest BCUT2D eigenvalue weighted by Crippen LogP contribution is -2.44. The molecule has 1 aromatic carbocycles. The Labute approximate surface area is 318 Å². The van der Waals surface area contributed by atoms with Crippen LogP contribution in [0.25, 0.3) is 5.52 Å². The molecule has 1 fully saturated rings. The van der Waals surface area contributed by atoms with Crippen molar-refractivity contribution in [3.8, 4) is 6.07 Å². The van der Waals surface area contributed by atoms with E-state index in [1.807, 2.05) is 6.07 Å². The van der Waals surface area contributed by atoms with Crippen LogP contribution in [0.15, 0.2) is 36.7 Å². The van der Waals surface area contributed by atoms with E-state index in [1.165, 1.54) is 101 Å². The number of fused-ring (bicyclic) bond motifs is 1. The molecule has 1 saturated heterocycles. The Hall–Kier alpha value is -2.99. The van der Waals surface area contributed by atoms with E-state index < -0.39 is 50.3 Å². The van der Waals surface area contributed by atoms with Crippen LogP contribution in [0.1, 0.15) is 140 Å². The standard InChI is InChI=1S/C39H59FN5O8P/c1-3-4-5-6-7-8-9-10-11-12-13-14-15-16-17-18-32(50-25-30-21-29(24-41)22-31(40)23-30)26-51-54(48,49)52-27-39(2)37(47)35(46)36(53-39)33-19-20-34-38(42)43-28-44-45(33)34/h19-23,28,32,35-37,46-47H,3-18,25-27H2,1-2H3,(H,48,49)(H2,42,43,44)/t32-,35+,36+,37+,39-/m1/s1. The number of hydrogen-bond acceptors (Lipinski definition) is 11. The van der Waals surface area contributed by atoms with E-state index >= 15 is 0 Å². The molecule has 1 aliphatic rings. The van der Waals surface area contributed by atoms with Crippen LogP contribution in [0.2, 0.25) is 0 Å². The fourth-order valence-electron chi connectivity index (χ4n) is 6.89. The first-order valence-corrected chi connectivity index (χ1v) is 21.0. The van der Waals surface area contributed by atoms with Crippen molar-refractivity contribution >= 4 is 19.2 Å². The molecule has 6 atom stereocenters. The van der Waals surface area contributed by atoms with Gasteiger partial charge in [-0.3, -0.25) is 9.05 Å². The zero-order valence-corrected chi connectivity index (χ0v) is 32.7. The molecular weight excluding hydrogens is 716 g/mol. The Morgan fingerprint density at radius 2 is 1.63 bits per heavy atom. The highest BCUT2D eigenvalue weighted by Gasteiger charge is 2.53. The number of aromatic nitrogens is 3. The van der Waals surface area contributed by atoms with Crippen molar-refractivity contribution in [2.45, 2.75) is 153 Å². The van der Waals surface area contributed by atoms with Gasteiger partial charge in [-0.15, -0.1) is 0 Å². The molecule has 0 bridgehead atoms. The van der Waals surface area contributed by atoms with Crippen LogP contribution < -0.4 is 5.73 Å². The first kappa shape index (κ1) is 43.7. The van der Waals surface area contributed by atoms with Gasteiger partial charge in [0.1, 0.15) is 41.6 Å². The molecule has 1 aliphatic heterocycles. The highest BCUT2D eigenvalue weighted by atomic mass is 31.2. The molecule has 13 nitrogen and oxygen atoms in total. The fraction of sp³-hybridized carbons (Fsp3) is 0.667. The summed E-state index contributed by atoms with van der Waals surface area (Å²) in [6, 6.07) is 9.17. The third-order valence-corrected chi connectivity index (χ3v) is 11.0. The van der Waals surface area contributed by atoms with Crippen molar-refractivity contribution in [2.24, 2.45) is 0 Å². The van der Waals surface area contributed by atoms with Gasteiger partial charge in [-0.1, -0.05) is 103 Å². The van der Waals surface area contributed by atoms with Crippen LogP contribution in [0.5, 0.6) is 0 Å². The van der Waals surface area contributed by atoms with Crippen molar-refractivity contribution in [2.75, 3.05) is 18.9 Å². The maximum atomic E-state index is 14.1. The minimum Gasteiger partial charge on any atom is -0.387 e. The van der Waals surface area contributed by atoms with Crippen molar-refractivity contribution in [3.63, 3.8) is 0 Å². The molecular formula is C39H59FN5O8P. The Morgan fingerprint density at radius 1 is 1.00 bits per heavy atom. The topological polar surface area (TPSA) is 195 Å². The lowest BCUT2D eigenvalue weighted by Gasteiger charge is -2.28. The molecule has 15 heteroatoms. The smallest absolute Gasteiger partial charge is 0.387 e. The summed E-state index contributed by atoms with van der Waals surface area (Å²) in [5, 5.41) is 35.2. The number of nitrogens with zero attached hydrogens (tertiary/aromatic N) is 4. The van der Waals surface area contributed by atoms with Gasteiger partial charge in [-0.25, -0.2) is 18.5 Å². The maximum Gasteiger partial charge on any atom is 0.472 e. The summed E-state index contributed by atoms with van der Waals surface area (Å²) in [4.78, 5) is 14.6. The first-order valence-electron chi connectivity index (χ1n) is 19.5. The molecule has 300 valence electrons. The molecule has 3 heterocycles. The minimum absolute atomic E-state index is 0.0296. The second-order valence-corrected chi connectivity index (χ2v) is 16.1.